The van der Waals surface area contributed by atoms with Gasteiger partial charge in [0.25, 0.3) is 0 Å². The molecule has 0 unspecified atom stereocenters. The lowest BCUT2D eigenvalue weighted by atomic mass is 10.4. The zero-order valence-corrected chi connectivity index (χ0v) is 5.13. The average molecular weight is 122 g/mol. The van der Waals surface area contributed by atoms with E-state index in [0.717, 1.165) is 12.8 Å². The smallest absolute Gasteiger partial charge is 0.0679 e. The van der Waals surface area contributed by atoms with Gasteiger partial charge < -0.3 is 10.0 Å². The van der Waals surface area contributed by atoms with Crippen LogP contribution in [0.25, 0.3) is 0 Å². The van der Waals surface area contributed by atoms with Gasteiger partial charge in [0.05, 0.1) is 6.61 Å². The maximum atomic E-state index is 6.50. The summed E-state index contributed by atoms with van der Waals surface area (Å²) in [6.45, 7) is 2.79. The molecular formula is C4H14N2O2. The van der Waals surface area contributed by atoms with Crippen LogP contribution in [0.3, 0.4) is 0 Å². The molecule has 0 aliphatic rings. The Kier molecular flexibility index (Phi) is 21.3. The molecule has 0 spiro atoms. The third-order valence-electron chi connectivity index (χ3n) is 0.616. The van der Waals surface area contributed by atoms with Crippen molar-refractivity contribution in [2.24, 2.45) is 11.8 Å². The second-order valence-electron chi connectivity index (χ2n) is 1.22. The first-order valence-electron chi connectivity index (χ1n) is 2.49. The SMILES string of the molecule is CCCCON.NO. The molecule has 0 atom stereocenters. The van der Waals surface area contributed by atoms with Crippen molar-refractivity contribution in [3.63, 3.8) is 0 Å². The maximum absolute atomic E-state index is 6.50. The van der Waals surface area contributed by atoms with Gasteiger partial charge in [0, 0.05) is 0 Å². The van der Waals surface area contributed by atoms with E-state index < -0.39 is 0 Å². The number of nitrogens with two attached hydrogens (primary N) is 2. The zero-order valence-electron chi connectivity index (χ0n) is 5.13. The predicted octanol–water partition coefficient (Wildman–Crippen LogP) is 0.0111. The summed E-state index contributed by atoms with van der Waals surface area (Å²) in [5, 5.41) is 6.50. The highest BCUT2D eigenvalue weighted by atomic mass is 16.6. The van der Waals surface area contributed by atoms with Crippen LogP contribution in [0.2, 0.25) is 0 Å². The van der Waals surface area contributed by atoms with Gasteiger partial charge in [-0.2, -0.15) is 0 Å². The lowest BCUT2D eigenvalue weighted by molar-refractivity contribution is 0.135. The number of hydrogen-bond donors (Lipinski definition) is 3. The van der Waals surface area contributed by atoms with Crippen molar-refractivity contribution in [2.45, 2.75) is 19.8 Å². The topological polar surface area (TPSA) is 81.5 Å². The highest BCUT2D eigenvalue weighted by molar-refractivity contribution is 4.25. The lowest BCUT2D eigenvalue weighted by Gasteiger charge is -1.88. The molecule has 4 nitrogen and oxygen atoms in total. The number of unbranched alkanes of at least 4 members (excludes halogenated alkanes) is 1. The minimum Gasteiger partial charge on any atom is -0.320 e. The van der Waals surface area contributed by atoms with Gasteiger partial charge in [-0.25, -0.2) is 11.8 Å². The molecule has 0 aromatic rings. The molecule has 0 aliphatic heterocycles. The Balaban J connectivity index is 0. The van der Waals surface area contributed by atoms with Gasteiger partial charge in [-0.1, -0.05) is 13.3 Å². The largest absolute Gasteiger partial charge is 0.320 e. The normalized spacial score (nSPS) is 7.50. The van der Waals surface area contributed by atoms with Crippen molar-refractivity contribution >= 4 is 0 Å². The standard InChI is InChI=1S/C4H11NO.H3NO/c1-2-3-4-6-5;1-2/h2-5H2,1H3;2H,1H2. The van der Waals surface area contributed by atoms with Crippen LogP contribution in [0.15, 0.2) is 0 Å². The Labute approximate surface area is 49.3 Å². The molecule has 0 amide bonds. The van der Waals surface area contributed by atoms with Crippen LogP contribution < -0.4 is 11.8 Å². The van der Waals surface area contributed by atoms with Gasteiger partial charge in [0.15, 0.2) is 0 Å². The summed E-state index contributed by atoms with van der Waals surface area (Å²) in [4.78, 5) is 4.28. The van der Waals surface area contributed by atoms with E-state index in [1.54, 1.807) is 0 Å². The number of rotatable bonds is 3. The van der Waals surface area contributed by atoms with Crippen molar-refractivity contribution in [1.82, 2.24) is 0 Å². The van der Waals surface area contributed by atoms with E-state index >= 15 is 0 Å². The first kappa shape index (κ1) is 10.8. The Morgan fingerprint density at radius 2 is 2.00 bits per heavy atom. The van der Waals surface area contributed by atoms with E-state index in [1.807, 2.05) is 0 Å². The molecule has 0 heterocycles. The first-order valence-corrected chi connectivity index (χ1v) is 2.49. The van der Waals surface area contributed by atoms with E-state index in [-0.39, 0.29) is 0 Å². The van der Waals surface area contributed by atoms with Crippen molar-refractivity contribution in [1.29, 1.82) is 0 Å². The Bertz CT molecular complexity index is 24.0. The Morgan fingerprint density at radius 3 is 2.12 bits per heavy atom. The zero-order chi connectivity index (χ0) is 6.83. The number of hydrogen-bond acceptors (Lipinski definition) is 4. The van der Waals surface area contributed by atoms with Crippen LogP contribution >= 0.6 is 0 Å². The summed E-state index contributed by atoms with van der Waals surface area (Å²) in [7, 11) is 0. The lowest BCUT2D eigenvalue weighted by Crippen LogP contribution is -1.99. The van der Waals surface area contributed by atoms with Crippen molar-refractivity contribution < 1.29 is 10.0 Å². The van der Waals surface area contributed by atoms with Gasteiger partial charge in [-0.3, -0.25) is 0 Å². The molecule has 0 saturated carbocycles. The molecule has 0 bridgehead atoms. The van der Waals surface area contributed by atoms with E-state index in [9.17, 15) is 0 Å². The fraction of sp³-hybridized carbons (Fsp3) is 1.00. The van der Waals surface area contributed by atoms with Gasteiger partial charge >= 0.3 is 0 Å². The average Bonchev–Trinajstić information content (AvgIpc) is 1.88. The molecule has 0 rings (SSSR count). The molecule has 0 aromatic carbocycles. The second kappa shape index (κ2) is 15.8. The monoisotopic (exact) mass is 122 g/mol. The third kappa shape index (κ3) is 17.0. The van der Waals surface area contributed by atoms with Crippen LogP contribution in [0.1, 0.15) is 19.8 Å². The predicted molar refractivity (Wildman–Crippen MR) is 31.0 cm³/mol. The van der Waals surface area contributed by atoms with Crippen molar-refractivity contribution in [2.75, 3.05) is 6.61 Å². The van der Waals surface area contributed by atoms with Gasteiger partial charge in [-0.15, -0.1) is 0 Å². The maximum Gasteiger partial charge on any atom is 0.0679 e. The van der Waals surface area contributed by atoms with E-state index in [4.69, 9.17) is 11.1 Å². The second-order valence-corrected chi connectivity index (χ2v) is 1.22. The first-order chi connectivity index (χ1) is 3.91. The van der Waals surface area contributed by atoms with Gasteiger partial charge in [-0.05, 0) is 6.42 Å². The van der Waals surface area contributed by atoms with Crippen molar-refractivity contribution in [3.8, 4) is 0 Å². The molecule has 0 saturated heterocycles. The molecule has 8 heavy (non-hydrogen) atoms. The molecule has 0 fully saturated rings. The van der Waals surface area contributed by atoms with E-state index in [2.05, 4.69) is 17.7 Å². The minimum absolute atomic E-state index is 0.691. The van der Waals surface area contributed by atoms with E-state index in [1.165, 1.54) is 0 Å². The van der Waals surface area contributed by atoms with Gasteiger partial charge in [0.1, 0.15) is 0 Å². The van der Waals surface area contributed by atoms with Crippen molar-refractivity contribution in [3.05, 3.63) is 0 Å². The fourth-order valence-electron chi connectivity index (χ4n) is 0.228. The van der Waals surface area contributed by atoms with Gasteiger partial charge in [0.2, 0.25) is 0 Å². The van der Waals surface area contributed by atoms with Crippen LogP contribution in [0.4, 0.5) is 0 Å². The summed E-state index contributed by atoms with van der Waals surface area (Å²) in [6, 6.07) is 0. The summed E-state index contributed by atoms with van der Waals surface area (Å²) in [6.07, 6.45) is 2.22. The highest BCUT2D eigenvalue weighted by Gasteiger charge is 1.75. The van der Waals surface area contributed by atoms with Crippen LogP contribution in [0, 0.1) is 0 Å². The van der Waals surface area contributed by atoms with E-state index in [0.29, 0.717) is 6.61 Å². The summed E-state index contributed by atoms with van der Waals surface area (Å²) >= 11 is 0. The van der Waals surface area contributed by atoms with Crippen LogP contribution in [-0.4, -0.2) is 11.8 Å². The molecular weight excluding hydrogens is 108 g/mol. The highest BCUT2D eigenvalue weighted by Crippen LogP contribution is 1.82. The molecule has 0 radical (unpaired) electrons. The summed E-state index contributed by atoms with van der Waals surface area (Å²) in [5.41, 5.74) is 0. The Morgan fingerprint density at radius 1 is 1.50 bits per heavy atom. The summed E-state index contributed by atoms with van der Waals surface area (Å²) < 4.78 is 0. The van der Waals surface area contributed by atoms with Crippen LogP contribution in [-0.2, 0) is 4.84 Å². The molecule has 4 heteroatoms. The molecule has 52 valence electrons. The third-order valence-corrected chi connectivity index (χ3v) is 0.616. The summed E-state index contributed by atoms with van der Waals surface area (Å²) in [5.74, 6) is 8.21. The van der Waals surface area contributed by atoms with Crippen LogP contribution in [0.5, 0.6) is 0 Å². The quantitative estimate of drug-likeness (QED) is 0.364. The molecule has 5 N–H and O–H groups in total. The molecule has 0 aliphatic carbocycles. The molecule has 0 aromatic heterocycles. The Hall–Kier alpha value is -0.160. The minimum atomic E-state index is 0.691. The fourth-order valence-corrected chi connectivity index (χ4v) is 0.228.